The lowest BCUT2D eigenvalue weighted by molar-refractivity contribution is -0.0457. The molecule has 2 fully saturated rings. The molecule has 0 saturated carbocycles. The molecule has 9 heteroatoms. The second-order valence-electron chi connectivity index (χ2n) is 7.83. The van der Waals surface area contributed by atoms with E-state index in [0.717, 1.165) is 20.5 Å². The summed E-state index contributed by atoms with van der Waals surface area (Å²) in [4.78, 5) is 15.6. The molecule has 7 nitrogen and oxygen atoms in total. The predicted molar refractivity (Wildman–Crippen MR) is 115 cm³/mol. The molecule has 0 spiro atoms. The molecule has 0 aliphatic carbocycles. The average Bonchev–Trinajstić information content (AvgIpc) is 3.04. The summed E-state index contributed by atoms with van der Waals surface area (Å²) < 4.78 is 35.9. The summed E-state index contributed by atoms with van der Waals surface area (Å²) in [6.07, 6.45) is -0.236. The summed E-state index contributed by atoms with van der Waals surface area (Å²) in [5, 5.41) is 1.11. The van der Waals surface area contributed by atoms with Crippen LogP contribution in [0.5, 0.6) is 0 Å². The fraction of sp³-hybridized carbons (Fsp3) is 0.550. The van der Waals surface area contributed by atoms with Crippen molar-refractivity contribution in [3.63, 3.8) is 0 Å². The Hall–Kier alpha value is -1.52. The monoisotopic (exact) mass is 437 g/mol. The molecular formula is C20H27N3O4S2. The Morgan fingerprint density at radius 1 is 1.03 bits per heavy atom. The normalized spacial score (nSPS) is 24.9. The van der Waals surface area contributed by atoms with Gasteiger partial charge in [-0.3, -0.25) is 4.79 Å². The van der Waals surface area contributed by atoms with E-state index in [9.17, 15) is 13.2 Å². The van der Waals surface area contributed by atoms with Crippen LogP contribution in [0.25, 0.3) is 10.1 Å². The number of fused-ring (bicyclic) bond motifs is 1. The zero-order chi connectivity index (χ0) is 20.8. The smallest absolute Gasteiger partial charge is 0.282 e. The number of piperazine rings is 1. The minimum absolute atomic E-state index is 0.00522. The number of nitrogens with zero attached hydrogens (tertiary/aromatic N) is 3. The van der Waals surface area contributed by atoms with Crippen LogP contribution in [0.1, 0.15) is 29.1 Å². The quantitative estimate of drug-likeness (QED) is 0.739. The first-order chi connectivity index (χ1) is 13.8. The Morgan fingerprint density at radius 3 is 2.28 bits per heavy atom. The van der Waals surface area contributed by atoms with Crippen LogP contribution in [0.3, 0.4) is 0 Å². The van der Waals surface area contributed by atoms with E-state index < -0.39 is 10.2 Å². The van der Waals surface area contributed by atoms with E-state index in [1.54, 1.807) is 4.90 Å². The van der Waals surface area contributed by atoms with Crippen molar-refractivity contribution < 1.29 is 17.9 Å². The summed E-state index contributed by atoms with van der Waals surface area (Å²) in [5.74, 6) is -0.00522. The standard InChI is InChI=1S/C20H27N3O4S2/c1-14-12-23(13-15(2)27-14)29(25,26)22-10-8-21(9-11-22)20(24)19-16(3)17-6-4-5-7-18(17)28-19/h4-7,14-15H,8-13H2,1-3H3. The van der Waals surface area contributed by atoms with Gasteiger partial charge in [-0.05, 0) is 37.8 Å². The second-order valence-corrected chi connectivity index (χ2v) is 10.8. The third-order valence-electron chi connectivity index (χ3n) is 5.60. The summed E-state index contributed by atoms with van der Waals surface area (Å²) in [7, 11) is -3.54. The maximum atomic E-state index is 13.1. The van der Waals surface area contributed by atoms with E-state index in [4.69, 9.17) is 4.74 Å². The molecule has 1 amide bonds. The number of rotatable bonds is 3. The molecule has 2 aliphatic heterocycles. The van der Waals surface area contributed by atoms with Crippen LogP contribution in [0.2, 0.25) is 0 Å². The van der Waals surface area contributed by atoms with E-state index >= 15 is 0 Å². The molecule has 1 aromatic heterocycles. The summed E-state index contributed by atoms with van der Waals surface area (Å²) >= 11 is 1.51. The Kier molecular flexibility index (Phi) is 5.69. The van der Waals surface area contributed by atoms with Crippen LogP contribution in [0.4, 0.5) is 0 Å². The molecule has 158 valence electrons. The van der Waals surface area contributed by atoms with E-state index in [-0.39, 0.29) is 18.1 Å². The number of carbonyl (C=O) groups excluding carboxylic acids is 1. The number of hydrogen-bond donors (Lipinski definition) is 0. The number of amides is 1. The highest BCUT2D eigenvalue weighted by atomic mass is 32.2. The Bertz CT molecular complexity index is 1000. The van der Waals surface area contributed by atoms with Crippen molar-refractivity contribution in [2.75, 3.05) is 39.3 Å². The first kappa shape index (κ1) is 20.7. The van der Waals surface area contributed by atoms with Gasteiger partial charge in [0.1, 0.15) is 0 Å². The molecule has 0 radical (unpaired) electrons. The molecule has 2 atom stereocenters. The first-order valence-electron chi connectivity index (χ1n) is 9.95. The van der Waals surface area contributed by atoms with Gasteiger partial charge in [-0.2, -0.15) is 17.0 Å². The van der Waals surface area contributed by atoms with E-state index in [0.29, 0.717) is 39.3 Å². The highest BCUT2D eigenvalue weighted by molar-refractivity contribution is 7.86. The van der Waals surface area contributed by atoms with Crippen molar-refractivity contribution in [3.8, 4) is 0 Å². The third kappa shape index (κ3) is 3.94. The molecule has 1 aromatic carbocycles. The number of thiophene rings is 1. The highest BCUT2D eigenvalue weighted by Gasteiger charge is 2.37. The van der Waals surface area contributed by atoms with Gasteiger partial charge in [-0.1, -0.05) is 18.2 Å². The Labute approximate surface area is 176 Å². The zero-order valence-electron chi connectivity index (χ0n) is 17.0. The van der Waals surface area contributed by atoms with Crippen molar-refractivity contribution in [1.29, 1.82) is 0 Å². The molecule has 2 unspecified atom stereocenters. The molecule has 4 rings (SSSR count). The van der Waals surface area contributed by atoms with Crippen molar-refractivity contribution in [1.82, 2.24) is 13.5 Å². The van der Waals surface area contributed by atoms with Crippen LogP contribution in [-0.4, -0.2) is 79.3 Å². The lowest BCUT2D eigenvalue weighted by atomic mass is 10.1. The van der Waals surface area contributed by atoms with Gasteiger partial charge in [-0.25, -0.2) is 0 Å². The van der Waals surface area contributed by atoms with Gasteiger partial charge in [0, 0.05) is 44.0 Å². The minimum Gasteiger partial charge on any atom is -0.373 e. The molecule has 0 N–H and O–H groups in total. The van der Waals surface area contributed by atoms with E-state index in [1.807, 2.05) is 45.0 Å². The maximum Gasteiger partial charge on any atom is 0.282 e. The molecule has 2 saturated heterocycles. The highest BCUT2D eigenvalue weighted by Crippen LogP contribution is 2.31. The fourth-order valence-electron chi connectivity index (χ4n) is 4.13. The number of aryl methyl sites for hydroxylation is 1. The van der Waals surface area contributed by atoms with Crippen LogP contribution < -0.4 is 0 Å². The molecule has 3 heterocycles. The van der Waals surface area contributed by atoms with Gasteiger partial charge < -0.3 is 9.64 Å². The van der Waals surface area contributed by atoms with Crippen LogP contribution in [0, 0.1) is 6.92 Å². The fourth-order valence-corrected chi connectivity index (χ4v) is 7.05. The summed E-state index contributed by atoms with van der Waals surface area (Å²) in [5.41, 5.74) is 1.00. The van der Waals surface area contributed by atoms with E-state index in [2.05, 4.69) is 0 Å². The van der Waals surface area contributed by atoms with Crippen molar-refractivity contribution in [2.45, 2.75) is 33.0 Å². The maximum absolute atomic E-state index is 13.1. The van der Waals surface area contributed by atoms with Crippen LogP contribution >= 0.6 is 11.3 Å². The van der Waals surface area contributed by atoms with Gasteiger partial charge in [0.15, 0.2) is 0 Å². The van der Waals surface area contributed by atoms with Gasteiger partial charge >= 0.3 is 0 Å². The Morgan fingerprint density at radius 2 is 1.66 bits per heavy atom. The molecular weight excluding hydrogens is 410 g/mol. The SMILES string of the molecule is Cc1c(C(=O)N2CCN(S(=O)(=O)N3CC(C)OC(C)C3)CC2)sc2ccccc12. The second kappa shape index (κ2) is 7.96. The van der Waals surface area contributed by atoms with Crippen LogP contribution in [-0.2, 0) is 14.9 Å². The van der Waals surface area contributed by atoms with Gasteiger partial charge in [0.05, 0.1) is 17.1 Å². The van der Waals surface area contributed by atoms with Crippen LogP contribution in [0.15, 0.2) is 24.3 Å². The molecule has 2 aromatic rings. The Balaban J connectivity index is 1.45. The number of ether oxygens (including phenoxy) is 1. The number of benzene rings is 1. The van der Waals surface area contributed by atoms with Crippen molar-refractivity contribution in [3.05, 3.63) is 34.7 Å². The lowest BCUT2D eigenvalue weighted by Crippen LogP contribution is -2.57. The largest absolute Gasteiger partial charge is 0.373 e. The number of carbonyl (C=O) groups is 1. The minimum atomic E-state index is -3.54. The summed E-state index contributed by atoms with van der Waals surface area (Å²) in [6.45, 7) is 7.94. The molecule has 0 bridgehead atoms. The molecule has 2 aliphatic rings. The third-order valence-corrected chi connectivity index (χ3v) is 8.83. The summed E-state index contributed by atoms with van der Waals surface area (Å²) in [6, 6.07) is 8.02. The van der Waals surface area contributed by atoms with Gasteiger partial charge in [0.2, 0.25) is 0 Å². The topological polar surface area (TPSA) is 70.2 Å². The zero-order valence-corrected chi connectivity index (χ0v) is 18.6. The average molecular weight is 438 g/mol. The lowest BCUT2D eigenvalue weighted by Gasteiger charge is -2.40. The number of hydrogen-bond acceptors (Lipinski definition) is 5. The molecule has 29 heavy (non-hydrogen) atoms. The van der Waals surface area contributed by atoms with Gasteiger partial charge in [0.25, 0.3) is 16.1 Å². The number of morpholine rings is 1. The van der Waals surface area contributed by atoms with E-state index in [1.165, 1.54) is 19.9 Å². The van der Waals surface area contributed by atoms with Crippen molar-refractivity contribution >= 4 is 37.5 Å². The predicted octanol–water partition coefficient (Wildman–Crippen LogP) is 2.32. The van der Waals surface area contributed by atoms with Crippen molar-refractivity contribution in [2.24, 2.45) is 0 Å². The first-order valence-corrected chi connectivity index (χ1v) is 12.2. The van der Waals surface area contributed by atoms with Gasteiger partial charge in [-0.15, -0.1) is 11.3 Å².